The lowest BCUT2D eigenvalue weighted by Gasteiger charge is -2.16. The van der Waals surface area contributed by atoms with Crippen molar-refractivity contribution in [3.05, 3.63) is 27.4 Å². The van der Waals surface area contributed by atoms with E-state index in [0.29, 0.717) is 30.8 Å². The van der Waals surface area contributed by atoms with Crippen LogP contribution in [0.4, 0.5) is 0 Å². The number of carboxylic acid groups (broad SMARTS) is 1. The molecule has 1 atom stereocenters. The molecule has 1 aromatic rings. The molecule has 7 heteroatoms. The third-order valence-corrected chi connectivity index (χ3v) is 3.51. The van der Waals surface area contributed by atoms with Crippen molar-refractivity contribution in [2.45, 2.75) is 46.6 Å². The number of aromatic nitrogens is 2. The second-order valence-electron chi connectivity index (χ2n) is 5.21. The third kappa shape index (κ3) is 4.40. The van der Waals surface area contributed by atoms with E-state index in [1.54, 1.807) is 20.8 Å². The zero-order chi connectivity index (χ0) is 16.2. The summed E-state index contributed by atoms with van der Waals surface area (Å²) in [6.45, 7) is 5.43. The molecule has 0 aliphatic heterocycles. The minimum absolute atomic E-state index is 0.195. The van der Waals surface area contributed by atoms with Gasteiger partial charge in [-0.3, -0.25) is 14.2 Å². The summed E-state index contributed by atoms with van der Waals surface area (Å²) in [5, 5.41) is 9.01. The molecule has 1 unspecified atom stereocenters. The highest BCUT2D eigenvalue weighted by Gasteiger charge is 2.18. The third-order valence-electron chi connectivity index (χ3n) is 3.51. The number of carboxylic acids is 1. The van der Waals surface area contributed by atoms with Gasteiger partial charge in [0.05, 0.1) is 5.92 Å². The van der Waals surface area contributed by atoms with Crippen LogP contribution >= 0.6 is 0 Å². The van der Waals surface area contributed by atoms with Crippen LogP contribution in [-0.2, 0) is 22.6 Å². The van der Waals surface area contributed by atoms with Crippen LogP contribution in [0.3, 0.4) is 0 Å². The van der Waals surface area contributed by atoms with Gasteiger partial charge >= 0.3 is 11.7 Å². The van der Waals surface area contributed by atoms with E-state index in [-0.39, 0.29) is 12.1 Å². The van der Waals surface area contributed by atoms with Crippen molar-refractivity contribution >= 4 is 11.9 Å². The summed E-state index contributed by atoms with van der Waals surface area (Å²) in [4.78, 5) is 37.6. The number of amides is 1. The molecule has 116 valence electrons. The van der Waals surface area contributed by atoms with Crippen LogP contribution in [0.15, 0.2) is 4.79 Å². The van der Waals surface area contributed by atoms with E-state index in [4.69, 9.17) is 10.8 Å². The average molecular weight is 295 g/mol. The number of aliphatic carboxylic acids is 1. The summed E-state index contributed by atoms with van der Waals surface area (Å²) >= 11 is 0. The summed E-state index contributed by atoms with van der Waals surface area (Å²) in [5.74, 6) is -1.86. The second kappa shape index (κ2) is 7.01. The van der Waals surface area contributed by atoms with E-state index in [1.165, 1.54) is 4.57 Å². The Hall–Kier alpha value is -2.18. The number of primary amides is 1. The molecule has 1 aromatic heterocycles. The second-order valence-corrected chi connectivity index (χ2v) is 5.21. The SMILES string of the molecule is Cc1nc(=O)n(CCCC(N)=O)c(C)c1CC(C)C(=O)O. The molecule has 0 saturated carbocycles. The van der Waals surface area contributed by atoms with Crippen molar-refractivity contribution in [2.24, 2.45) is 11.7 Å². The Balaban J connectivity index is 3.07. The maximum atomic E-state index is 11.9. The molecule has 1 heterocycles. The maximum absolute atomic E-state index is 11.9. The minimum atomic E-state index is -0.889. The minimum Gasteiger partial charge on any atom is -0.481 e. The monoisotopic (exact) mass is 295 g/mol. The van der Waals surface area contributed by atoms with Gasteiger partial charge < -0.3 is 10.8 Å². The number of aryl methyl sites for hydroxylation is 1. The fourth-order valence-corrected chi connectivity index (χ4v) is 2.20. The normalized spacial score (nSPS) is 12.1. The van der Waals surface area contributed by atoms with Crippen LogP contribution in [-0.4, -0.2) is 26.5 Å². The van der Waals surface area contributed by atoms with Crippen molar-refractivity contribution in [3.63, 3.8) is 0 Å². The predicted octanol–water partition coefficient (Wildman–Crippen LogP) is 0.389. The Labute approximate surface area is 122 Å². The summed E-state index contributed by atoms with van der Waals surface area (Å²) in [6, 6.07) is 0. The van der Waals surface area contributed by atoms with Gasteiger partial charge in [0.25, 0.3) is 0 Å². The Morgan fingerprint density at radius 1 is 1.38 bits per heavy atom. The standard InChI is InChI=1S/C14H21N3O4/c1-8(13(19)20)7-11-9(2)16-14(21)17(10(11)3)6-4-5-12(15)18/h8H,4-7H2,1-3H3,(H2,15,18)(H,19,20). The first-order chi connectivity index (χ1) is 9.73. The largest absolute Gasteiger partial charge is 0.481 e. The molecule has 0 aliphatic carbocycles. The van der Waals surface area contributed by atoms with Crippen LogP contribution in [0.5, 0.6) is 0 Å². The Kier molecular flexibility index (Phi) is 5.63. The molecule has 0 spiro atoms. The molecule has 0 radical (unpaired) electrons. The Bertz CT molecular complexity index is 607. The number of nitrogens with zero attached hydrogens (tertiary/aromatic N) is 2. The van der Waals surface area contributed by atoms with Crippen molar-refractivity contribution in [1.29, 1.82) is 0 Å². The lowest BCUT2D eigenvalue weighted by atomic mass is 9.99. The van der Waals surface area contributed by atoms with E-state index in [1.807, 2.05) is 0 Å². The van der Waals surface area contributed by atoms with Gasteiger partial charge in [-0.15, -0.1) is 0 Å². The number of carbonyl (C=O) groups is 2. The average Bonchev–Trinajstić information content (AvgIpc) is 2.37. The fourth-order valence-electron chi connectivity index (χ4n) is 2.20. The zero-order valence-electron chi connectivity index (χ0n) is 12.5. The van der Waals surface area contributed by atoms with Crippen molar-refractivity contribution in [1.82, 2.24) is 9.55 Å². The van der Waals surface area contributed by atoms with E-state index < -0.39 is 17.8 Å². The Morgan fingerprint density at radius 2 is 2.00 bits per heavy atom. The van der Waals surface area contributed by atoms with Crippen LogP contribution < -0.4 is 11.4 Å². The van der Waals surface area contributed by atoms with Crippen molar-refractivity contribution in [3.8, 4) is 0 Å². The van der Waals surface area contributed by atoms with Gasteiger partial charge in [-0.25, -0.2) is 4.79 Å². The van der Waals surface area contributed by atoms with E-state index in [2.05, 4.69) is 4.98 Å². The van der Waals surface area contributed by atoms with Gasteiger partial charge in [0, 0.05) is 24.4 Å². The van der Waals surface area contributed by atoms with Gasteiger partial charge in [-0.05, 0) is 32.3 Å². The number of carbonyl (C=O) groups excluding carboxylic acids is 1. The van der Waals surface area contributed by atoms with Gasteiger partial charge in [-0.2, -0.15) is 4.98 Å². The molecule has 0 fully saturated rings. The molecule has 0 aliphatic rings. The Morgan fingerprint density at radius 3 is 2.52 bits per heavy atom. The number of nitrogens with two attached hydrogens (primary N) is 1. The summed E-state index contributed by atoms with van der Waals surface area (Å²) in [6.07, 6.45) is 0.964. The number of hydrogen-bond donors (Lipinski definition) is 2. The first-order valence-corrected chi connectivity index (χ1v) is 6.82. The molecule has 1 amide bonds. The molecule has 7 nitrogen and oxygen atoms in total. The van der Waals surface area contributed by atoms with Gasteiger partial charge in [0.15, 0.2) is 0 Å². The lowest BCUT2D eigenvalue weighted by molar-refractivity contribution is -0.141. The van der Waals surface area contributed by atoms with Crippen LogP contribution in [0.1, 0.15) is 36.7 Å². The first kappa shape index (κ1) is 16.9. The summed E-state index contributed by atoms with van der Waals surface area (Å²) in [5.41, 5.74) is 6.71. The molecule has 21 heavy (non-hydrogen) atoms. The zero-order valence-corrected chi connectivity index (χ0v) is 12.5. The molecule has 3 N–H and O–H groups in total. The van der Waals surface area contributed by atoms with Crippen LogP contribution in [0.2, 0.25) is 0 Å². The molecule has 1 rings (SSSR count). The highest BCUT2D eigenvalue weighted by atomic mass is 16.4. The van der Waals surface area contributed by atoms with Crippen molar-refractivity contribution < 1.29 is 14.7 Å². The highest BCUT2D eigenvalue weighted by molar-refractivity contribution is 5.73. The van der Waals surface area contributed by atoms with E-state index in [0.717, 1.165) is 5.56 Å². The van der Waals surface area contributed by atoms with Crippen LogP contribution in [0.25, 0.3) is 0 Å². The highest BCUT2D eigenvalue weighted by Crippen LogP contribution is 2.15. The number of hydrogen-bond acceptors (Lipinski definition) is 4. The quantitative estimate of drug-likeness (QED) is 0.755. The lowest BCUT2D eigenvalue weighted by Crippen LogP contribution is -2.29. The van der Waals surface area contributed by atoms with Crippen LogP contribution in [0, 0.1) is 19.8 Å². The van der Waals surface area contributed by atoms with Gasteiger partial charge in [-0.1, -0.05) is 6.92 Å². The predicted molar refractivity (Wildman–Crippen MR) is 76.9 cm³/mol. The maximum Gasteiger partial charge on any atom is 0.347 e. The van der Waals surface area contributed by atoms with Gasteiger partial charge in [0.1, 0.15) is 0 Å². The summed E-state index contributed by atoms with van der Waals surface area (Å²) in [7, 11) is 0. The van der Waals surface area contributed by atoms with E-state index in [9.17, 15) is 14.4 Å². The molecule has 0 bridgehead atoms. The number of rotatable bonds is 7. The molecule has 0 aromatic carbocycles. The van der Waals surface area contributed by atoms with Gasteiger partial charge in [0.2, 0.25) is 5.91 Å². The topological polar surface area (TPSA) is 115 Å². The fraction of sp³-hybridized carbons (Fsp3) is 0.571. The summed E-state index contributed by atoms with van der Waals surface area (Å²) < 4.78 is 1.47. The molecular formula is C14H21N3O4. The first-order valence-electron chi connectivity index (χ1n) is 6.82. The van der Waals surface area contributed by atoms with Crippen molar-refractivity contribution in [2.75, 3.05) is 0 Å². The molecular weight excluding hydrogens is 274 g/mol. The van der Waals surface area contributed by atoms with E-state index >= 15 is 0 Å². The molecule has 0 saturated heterocycles. The smallest absolute Gasteiger partial charge is 0.347 e.